The Hall–Kier alpha value is -1.51. The molecule has 1 aliphatic rings. The average Bonchev–Trinajstić information content (AvgIpc) is 2.68. The number of nitrogens with zero attached hydrogens (tertiary/aromatic N) is 1. The molecular weight excluding hydrogens is 336 g/mol. The SMILES string of the molecule is O=Cc1ccc(N2CCOCCOCCNCCOCCOCC2)cc1. The van der Waals surface area contributed by atoms with E-state index < -0.39 is 0 Å². The van der Waals surface area contributed by atoms with Crippen molar-refractivity contribution in [1.82, 2.24) is 5.32 Å². The summed E-state index contributed by atoms with van der Waals surface area (Å²) in [7, 11) is 0. The van der Waals surface area contributed by atoms with Crippen LogP contribution in [0.15, 0.2) is 24.3 Å². The van der Waals surface area contributed by atoms with Gasteiger partial charge in [-0.1, -0.05) is 0 Å². The van der Waals surface area contributed by atoms with Gasteiger partial charge in [-0.15, -0.1) is 0 Å². The van der Waals surface area contributed by atoms with Crippen LogP contribution < -0.4 is 10.2 Å². The van der Waals surface area contributed by atoms with Gasteiger partial charge in [-0.25, -0.2) is 0 Å². The Morgan fingerprint density at radius 2 is 1.23 bits per heavy atom. The van der Waals surface area contributed by atoms with Gasteiger partial charge in [0.2, 0.25) is 0 Å². The van der Waals surface area contributed by atoms with Crippen molar-refractivity contribution in [2.45, 2.75) is 0 Å². The predicted octanol–water partition coefficient (Wildman–Crippen LogP) is 0.975. The molecule has 0 saturated carbocycles. The van der Waals surface area contributed by atoms with Gasteiger partial charge in [0.1, 0.15) is 6.29 Å². The van der Waals surface area contributed by atoms with E-state index in [4.69, 9.17) is 18.9 Å². The van der Waals surface area contributed by atoms with Gasteiger partial charge in [0.25, 0.3) is 0 Å². The summed E-state index contributed by atoms with van der Waals surface area (Å²) in [6.45, 7) is 8.03. The summed E-state index contributed by atoms with van der Waals surface area (Å²) in [4.78, 5) is 13.0. The van der Waals surface area contributed by atoms with E-state index in [1.54, 1.807) is 0 Å². The van der Waals surface area contributed by atoms with Crippen molar-refractivity contribution in [3.63, 3.8) is 0 Å². The van der Waals surface area contributed by atoms with E-state index in [0.29, 0.717) is 58.4 Å². The molecule has 0 unspecified atom stereocenters. The van der Waals surface area contributed by atoms with Crippen molar-refractivity contribution in [2.75, 3.05) is 83.9 Å². The Kier molecular flexibility index (Phi) is 10.9. The summed E-state index contributed by atoms with van der Waals surface area (Å²) in [6.07, 6.45) is 0.852. The molecule has 26 heavy (non-hydrogen) atoms. The molecule has 1 aromatic rings. The highest BCUT2D eigenvalue weighted by Gasteiger charge is 2.07. The van der Waals surface area contributed by atoms with Crippen molar-refractivity contribution >= 4 is 12.0 Å². The maximum atomic E-state index is 10.8. The second kappa shape index (κ2) is 13.7. The van der Waals surface area contributed by atoms with Gasteiger partial charge in [-0.2, -0.15) is 0 Å². The lowest BCUT2D eigenvalue weighted by molar-refractivity contribution is 0.0409. The van der Waals surface area contributed by atoms with Gasteiger partial charge in [-0.3, -0.25) is 4.79 Å². The Morgan fingerprint density at radius 3 is 1.73 bits per heavy atom. The van der Waals surface area contributed by atoms with Crippen molar-refractivity contribution < 1.29 is 23.7 Å². The van der Waals surface area contributed by atoms with Gasteiger partial charge >= 0.3 is 0 Å². The summed E-state index contributed by atoms with van der Waals surface area (Å²) < 4.78 is 22.4. The maximum absolute atomic E-state index is 10.8. The third kappa shape index (κ3) is 8.73. The molecule has 1 fully saturated rings. The fourth-order valence-corrected chi connectivity index (χ4v) is 2.54. The minimum absolute atomic E-state index is 0.581. The van der Waals surface area contributed by atoms with E-state index in [1.165, 1.54) is 0 Å². The molecule has 7 nitrogen and oxygen atoms in total. The lowest BCUT2D eigenvalue weighted by Gasteiger charge is -2.25. The highest BCUT2D eigenvalue weighted by Crippen LogP contribution is 2.14. The Labute approximate surface area is 155 Å². The highest BCUT2D eigenvalue weighted by atomic mass is 16.5. The number of hydrogen-bond donors (Lipinski definition) is 1. The number of rotatable bonds is 2. The quantitative estimate of drug-likeness (QED) is 0.783. The zero-order chi connectivity index (χ0) is 18.3. The second-order valence-electron chi connectivity index (χ2n) is 5.90. The van der Waals surface area contributed by atoms with Gasteiger partial charge in [0.15, 0.2) is 0 Å². The largest absolute Gasteiger partial charge is 0.378 e. The van der Waals surface area contributed by atoms with Gasteiger partial charge < -0.3 is 29.2 Å². The van der Waals surface area contributed by atoms with Crippen molar-refractivity contribution in [3.8, 4) is 0 Å². The van der Waals surface area contributed by atoms with Crippen LogP contribution in [0.5, 0.6) is 0 Å². The van der Waals surface area contributed by atoms with Gasteiger partial charge in [0, 0.05) is 37.4 Å². The van der Waals surface area contributed by atoms with E-state index in [1.807, 2.05) is 24.3 Å². The summed E-state index contributed by atoms with van der Waals surface area (Å²) in [6, 6.07) is 7.56. The minimum Gasteiger partial charge on any atom is -0.378 e. The smallest absolute Gasteiger partial charge is 0.150 e. The predicted molar refractivity (Wildman–Crippen MR) is 100 cm³/mol. The molecule has 146 valence electrons. The van der Waals surface area contributed by atoms with Crippen LogP contribution in [0.25, 0.3) is 0 Å². The van der Waals surface area contributed by atoms with E-state index in [0.717, 1.165) is 38.2 Å². The average molecular weight is 366 g/mol. The molecule has 1 aliphatic heterocycles. The fourth-order valence-electron chi connectivity index (χ4n) is 2.54. The molecule has 1 N–H and O–H groups in total. The maximum Gasteiger partial charge on any atom is 0.150 e. The fraction of sp³-hybridized carbons (Fsp3) is 0.632. The molecule has 0 aliphatic carbocycles. The first-order chi connectivity index (χ1) is 12.9. The number of carbonyl (C=O) groups excluding carboxylic acids is 1. The summed E-state index contributed by atoms with van der Waals surface area (Å²) >= 11 is 0. The molecule has 1 heterocycles. The van der Waals surface area contributed by atoms with Crippen LogP contribution in [0.2, 0.25) is 0 Å². The summed E-state index contributed by atoms with van der Waals surface area (Å²) in [5.74, 6) is 0. The number of carbonyl (C=O) groups is 1. The molecular formula is C19H30N2O5. The summed E-state index contributed by atoms with van der Waals surface area (Å²) in [5, 5.41) is 3.26. The Morgan fingerprint density at radius 1 is 0.731 bits per heavy atom. The van der Waals surface area contributed by atoms with Gasteiger partial charge in [-0.05, 0) is 24.3 Å². The molecule has 0 atom stereocenters. The Bertz CT molecular complexity index is 465. The van der Waals surface area contributed by atoms with Gasteiger partial charge in [0.05, 0.1) is 52.9 Å². The molecule has 0 radical (unpaired) electrons. The van der Waals surface area contributed by atoms with Crippen molar-refractivity contribution in [3.05, 3.63) is 29.8 Å². The zero-order valence-electron chi connectivity index (χ0n) is 15.4. The number of anilines is 1. The number of ether oxygens (including phenoxy) is 4. The first kappa shape index (κ1) is 20.8. The zero-order valence-corrected chi connectivity index (χ0v) is 15.4. The number of benzene rings is 1. The van der Waals surface area contributed by atoms with Crippen LogP contribution in [0, 0.1) is 0 Å². The molecule has 0 amide bonds. The van der Waals surface area contributed by atoms with E-state index in [9.17, 15) is 4.79 Å². The molecule has 1 aromatic carbocycles. The number of aldehydes is 1. The number of nitrogens with one attached hydrogen (secondary N) is 1. The van der Waals surface area contributed by atoms with Crippen LogP contribution >= 0.6 is 0 Å². The van der Waals surface area contributed by atoms with Crippen LogP contribution in [-0.2, 0) is 18.9 Å². The minimum atomic E-state index is 0.581. The molecule has 0 bridgehead atoms. The second-order valence-corrected chi connectivity index (χ2v) is 5.90. The van der Waals surface area contributed by atoms with E-state index >= 15 is 0 Å². The van der Waals surface area contributed by atoms with Crippen molar-refractivity contribution in [1.29, 1.82) is 0 Å². The molecule has 1 saturated heterocycles. The topological polar surface area (TPSA) is 69.3 Å². The third-order valence-corrected chi connectivity index (χ3v) is 4.00. The summed E-state index contributed by atoms with van der Waals surface area (Å²) in [5.41, 5.74) is 1.72. The Balaban J connectivity index is 1.83. The highest BCUT2D eigenvalue weighted by molar-refractivity contribution is 5.75. The lowest BCUT2D eigenvalue weighted by Crippen LogP contribution is -2.32. The lowest BCUT2D eigenvalue weighted by atomic mass is 10.2. The van der Waals surface area contributed by atoms with Crippen LogP contribution in [0.1, 0.15) is 10.4 Å². The molecule has 0 spiro atoms. The molecule has 0 aromatic heterocycles. The monoisotopic (exact) mass is 366 g/mol. The molecule has 7 heteroatoms. The third-order valence-electron chi connectivity index (χ3n) is 4.00. The van der Waals surface area contributed by atoms with E-state index in [2.05, 4.69) is 10.2 Å². The standard InChI is InChI=1S/C19H30N2O5/c22-17-18-1-3-19(4-2-18)21-7-11-25-15-13-23-9-5-20-6-10-24-14-16-26-12-8-21/h1-4,17,20H,5-16H2. The first-order valence-electron chi connectivity index (χ1n) is 9.22. The first-order valence-corrected chi connectivity index (χ1v) is 9.22. The van der Waals surface area contributed by atoms with Crippen molar-refractivity contribution in [2.24, 2.45) is 0 Å². The normalized spacial score (nSPS) is 20.1. The van der Waals surface area contributed by atoms with Crippen LogP contribution in [-0.4, -0.2) is 85.3 Å². The van der Waals surface area contributed by atoms with E-state index in [-0.39, 0.29) is 0 Å². The van der Waals surface area contributed by atoms with Crippen LogP contribution in [0.4, 0.5) is 5.69 Å². The number of hydrogen-bond acceptors (Lipinski definition) is 7. The molecule has 2 rings (SSSR count). The van der Waals surface area contributed by atoms with Crippen LogP contribution in [0.3, 0.4) is 0 Å².